The summed E-state index contributed by atoms with van der Waals surface area (Å²) in [6.45, 7) is 1.48. The fraction of sp³-hybridized carbons (Fsp3) is 0.333. The van der Waals surface area contributed by atoms with E-state index in [9.17, 15) is 22.4 Å². The Labute approximate surface area is 184 Å². The molecule has 31 heavy (non-hydrogen) atoms. The Kier molecular flexibility index (Phi) is 6.19. The summed E-state index contributed by atoms with van der Waals surface area (Å²) in [4.78, 5) is 27.7. The maximum Gasteiger partial charge on any atom is 0.261 e. The Morgan fingerprint density at radius 1 is 1.16 bits per heavy atom. The Hall–Kier alpha value is -2.59. The lowest BCUT2D eigenvalue weighted by Crippen LogP contribution is -2.33. The van der Waals surface area contributed by atoms with E-state index < -0.39 is 21.8 Å². The van der Waals surface area contributed by atoms with Gasteiger partial charge in [-0.1, -0.05) is 0 Å². The van der Waals surface area contributed by atoms with Crippen molar-refractivity contribution < 1.29 is 22.4 Å². The Morgan fingerprint density at radius 2 is 1.87 bits per heavy atom. The molecule has 0 aromatic heterocycles. The van der Waals surface area contributed by atoms with Gasteiger partial charge in [-0.25, -0.2) is 12.8 Å². The summed E-state index contributed by atoms with van der Waals surface area (Å²) in [7, 11) is -3.93. The molecule has 2 aromatic carbocycles. The minimum Gasteiger partial charge on any atom is -0.343 e. The summed E-state index contributed by atoms with van der Waals surface area (Å²) < 4.78 is 40.9. The first-order valence-electron chi connectivity index (χ1n) is 9.96. The van der Waals surface area contributed by atoms with Gasteiger partial charge in [0.2, 0.25) is 11.8 Å². The van der Waals surface area contributed by atoms with Gasteiger partial charge < -0.3 is 10.2 Å². The quantitative estimate of drug-likeness (QED) is 0.710. The zero-order valence-electron chi connectivity index (χ0n) is 16.6. The summed E-state index contributed by atoms with van der Waals surface area (Å²) in [5.74, 6) is -0.817. The van der Waals surface area contributed by atoms with E-state index in [0.29, 0.717) is 11.4 Å². The van der Waals surface area contributed by atoms with Crippen LogP contribution in [0.25, 0.3) is 0 Å². The van der Waals surface area contributed by atoms with E-state index >= 15 is 0 Å². The summed E-state index contributed by atoms with van der Waals surface area (Å²) >= 11 is 1.42. The first-order valence-corrected chi connectivity index (χ1v) is 12.4. The van der Waals surface area contributed by atoms with Crippen LogP contribution in [-0.4, -0.2) is 44.0 Å². The van der Waals surface area contributed by atoms with Crippen LogP contribution in [0.5, 0.6) is 0 Å². The van der Waals surface area contributed by atoms with Gasteiger partial charge in [0.25, 0.3) is 10.0 Å². The predicted molar refractivity (Wildman–Crippen MR) is 117 cm³/mol. The van der Waals surface area contributed by atoms with Gasteiger partial charge in [0.1, 0.15) is 5.82 Å². The van der Waals surface area contributed by atoms with Gasteiger partial charge in [-0.2, -0.15) is 0 Å². The first-order chi connectivity index (χ1) is 14.8. The van der Waals surface area contributed by atoms with Crippen molar-refractivity contribution in [3.05, 3.63) is 48.3 Å². The molecule has 0 radical (unpaired) electrons. The standard InChI is InChI=1S/C21H22FN3O4S2/c22-15-3-5-16(6-4-15)24-31(28,29)17-7-8-19-18(12-17)23-21(27)14(13-30-19)11-20(26)25-9-1-2-10-25/h3-8,12,14,24H,1-2,9-11,13H2,(H,23,27)/t14-/m0/s1. The third-order valence-corrected chi connectivity index (χ3v) is 7.92. The van der Waals surface area contributed by atoms with E-state index in [0.717, 1.165) is 43.0 Å². The van der Waals surface area contributed by atoms with Crippen LogP contribution in [0, 0.1) is 11.7 Å². The van der Waals surface area contributed by atoms with Crippen LogP contribution in [0.15, 0.2) is 52.3 Å². The van der Waals surface area contributed by atoms with Crippen molar-refractivity contribution >= 4 is 45.0 Å². The van der Waals surface area contributed by atoms with E-state index in [1.165, 1.54) is 36.0 Å². The number of anilines is 2. The highest BCUT2D eigenvalue weighted by atomic mass is 32.2. The number of hydrogen-bond donors (Lipinski definition) is 2. The van der Waals surface area contributed by atoms with Crippen LogP contribution in [0.2, 0.25) is 0 Å². The van der Waals surface area contributed by atoms with E-state index in [-0.39, 0.29) is 28.8 Å². The molecule has 10 heteroatoms. The second-order valence-corrected chi connectivity index (χ2v) is 10.3. The highest BCUT2D eigenvalue weighted by Crippen LogP contribution is 2.35. The van der Waals surface area contributed by atoms with Crippen LogP contribution in [0.4, 0.5) is 15.8 Å². The van der Waals surface area contributed by atoms with Crippen LogP contribution >= 0.6 is 11.8 Å². The Balaban J connectivity index is 1.49. The van der Waals surface area contributed by atoms with Crippen molar-refractivity contribution in [1.82, 2.24) is 4.90 Å². The number of rotatable bonds is 5. The molecule has 0 unspecified atom stereocenters. The number of nitrogens with one attached hydrogen (secondary N) is 2. The molecular formula is C21H22FN3O4S2. The topological polar surface area (TPSA) is 95.6 Å². The maximum atomic E-state index is 13.1. The number of carbonyl (C=O) groups excluding carboxylic acids is 2. The lowest BCUT2D eigenvalue weighted by Gasteiger charge is -2.18. The minimum absolute atomic E-state index is 0.0176. The SMILES string of the molecule is O=C1Nc2cc(S(=O)(=O)Nc3ccc(F)cc3)ccc2SC[C@@H]1CC(=O)N1CCCC1. The summed E-state index contributed by atoms with van der Waals surface area (Å²) in [5.41, 5.74) is 0.628. The zero-order chi connectivity index (χ0) is 22.0. The van der Waals surface area contributed by atoms with E-state index in [4.69, 9.17) is 0 Å². The fourth-order valence-electron chi connectivity index (χ4n) is 3.59. The number of carbonyl (C=O) groups is 2. The molecule has 2 heterocycles. The third-order valence-electron chi connectivity index (χ3n) is 5.31. The molecule has 2 amide bonds. The van der Waals surface area contributed by atoms with Crippen molar-refractivity contribution in [2.45, 2.75) is 29.1 Å². The van der Waals surface area contributed by atoms with Crippen molar-refractivity contribution in [3.63, 3.8) is 0 Å². The molecule has 0 aliphatic carbocycles. The second kappa shape index (κ2) is 8.88. The molecule has 2 aliphatic rings. The van der Waals surface area contributed by atoms with Crippen molar-refractivity contribution in [2.75, 3.05) is 28.9 Å². The van der Waals surface area contributed by atoms with Gasteiger partial charge in [0.15, 0.2) is 0 Å². The number of amides is 2. The predicted octanol–water partition coefficient (Wildman–Crippen LogP) is 3.30. The average molecular weight is 464 g/mol. The molecular weight excluding hydrogens is 441 g/mol. The number of likely N-dealkylation sites (tertiary alicyclic amines) is 1. The number of sulfonamides is 1. The molecule has 0 spiro atoms. The average Bonchev–Trinajstić information content (AvgIpc) is 3.23. The highest BCUT2D eigenvalue weighted by Gasteiger charge is 2.30. The van der Waals surface area contributed by atoms with Crippen LogP contribution in [0.1, 0.15) is 19.3 Å². The van der Waals surface area contributed by atoms with E-state index in [1.54, 1.807) is 11.0 Å². The summed E-state index contributed by atoms with van der Waals surface area (Å²) in [6.07, 6.45) is 2.13. The molecule has 164 valence electrons. The number of nitrogens with zero attached hydrogens (tertiary/aromatic N) is 1. The summed E-state index contributed by atoms with van der Waals surface area (Å²) in [6, 6.07) is 9.48. The van der Waals surface area contributed by atoms with Gasteiger partial charge in [0.05, 0.1) is 16.5 Å². The lowest BCUT2D eigenvalue weighted by molar-refractivity contribution is -0.133. The molecule has 1 atom stereocenters. The number of halogens is 1. The maximum absolute atomic E-state index is 13.1. The molecule has 1 saturated heterocycles. The van der Waals surface area contributed by atoms with Crippen LogP contribution in [0.3, 0.4) is 0 Å². The third kappa shape index (κ3) is 5.01. The van der Waals surface area contributed by atoms with Gasteiger partial charge in [-0.3, -0.25) is 14.3 Å². The van der Waals surface area contributed by atoms with Crippen molar-refractivity contribution in [3.8, 4) is 0 Å². The Morgan fingerprint density at radius 3 is 2.58 bits per heavy atom. The molecule has 1 fully saturated rings. The largest absolute Gasteiger partial charge is 0.343 e. The number of hydrogen-bond acceptors (Lipinski definition) is 5. The summed E-state index contributed by atoms with van der Waals surface area (Å²) in [5, 5.41) is 2.78. The van der Waals surface area contributed by atoms with Crippen molar-refractivity contribution in [2.24, 2.45) is 5.92 Å². The molecule has 0 bridgehead atoms. The Bertz CT molecular complexity index is 1100. The van der Waals surface area contributed by atoms with Gasteiger partial charge in [0, 0.05) is 35.8 Å². The number of benzene rings is 2. The lowest BCUT2D eigenvalue weighted by atomic mass is 10.1. The molecule has 2 N–H and O–H groups in total. The molecule has 7 nitrogen and oxygen atoms in total. The normalized spacial score (nSPS) is 18.8. The molecule has 0 saturated carbocycles. The molecule has 2 aliphatic heterocycles. The first kappa shape index (κ1) is 21.6. The van der Waals surface area contributed by atoms with E-state index in [2.05, 4.69) is 10.0 Å². The monoisotopic (exact) mass is 463 g/mol. The van der Waals surface area contributed by atoms with Crippen LogP contribution < -0.4 is 10.0 Å². The van der Waals surface area contributed by atoms with Gasteiger partial charge in [-0.05, 0) is 55.3 Å². The van der Waals surface area contributed by atoms with Gasteiger partial charge >= 0.3 is 0 Å². The van der Waals surface area contributed by atoms with Crippen LogP contribution in [-0.2, 0) is 19.6 Å². The number of fused-ring (bicyclic) bond motifs is 1. The molecule has 2 aromatic rings. The van der Waals surface area contributed by atoms with Gasteiger partial charge in [-0.15, -0.1) is 11.8 Å². The zero-order valence-corrected chi connectivity index (χ0v) is 18.3. The van der Waals surface area contributed by atoms with E-state index in [1.807, 2.05) is 0 Å². The minimum atomic E-state index is -3.93. The highest BCUT2D eigenvalue weighted by molar-refractivity contribution is 7.99. The van der Waals surface area contributed by atoms with Crippen molar-refractivity contribution in [1.29, 1.82) is 0 Å². The second-order valence-electron chi connectivity index (χ2n) is 7.56. The number of thioether (sulfide) groups is 1. The molecule has 4 rings (SSSR count). The fourth-order valence-corrected chi connectivity index (χ4v) is 5.75. The smallest absolute Gasteiger partial charge is 0.261 e.